The lowest BCUT2D eigenvalue weighted by atomic mass is 10.0. The molecule has 0 fully saturated rings. The summed E-state index contributed by atoms with van der Waals surface area (Å²) in [7, 11) is 0. The quantitative estimate of drug-likeness (QED) is 0.524. The summed E-state index contributed by atoms with van der Waals surface area (Å²) in [5.74, 6) is -6.27. The van der Waals surface area contributed by atoms with E-state index in [9.17, 15) is 22.0 Å². The second-order valence-corrected chi connectivity index (χ2v) is 3.38. The number of hydrogen-bond donors (Lipinski definition) is 0. The lowest BCUT2D eigenvalue weighted by molar-refractivity contribution is 0.447. The Bertz CT molecular complexity index is 554. The molecule has 0 radical (unpaired) electrons. The van der Waals surface area contributed by atoms with E-state index < -0.39 is 29.1 Å². The van der Waals surface area contributed by atoms with E-state index in [0.29, 0.717) is 18.2 Å². The second-order valence-electron chi connectivity index (χ2n) is 3.38. The minimum atomic E-state index is -1.63. The van der Waals surface area contributed by atoms with Crippen LogP contribution in [0.4, 0.5) is 22.0 Å². The van der Waals surface area contributed by atoms with Crippen LogP contribution in [-0.4, -0.2) is 0 Å². The zero-order valence-corrected chi connectivity index (χ0v) is 8.28. The molecule has 0 aromatic heterocycles. The van der Waals surface area contributed by atoms with Crippen LogP contribution in [-0.2, 0) is 0 Å². The van der Waals surface area contributed by atoms with E-state index in [0.717, 1.165) is 12.1 Å². The third-order valence-electron chi connectivity index (χ3n) is 2.23. The molecule has 0 spiro atoms. The Kier molecular flexibility index (Phi) is 2.83. The smallest absolute Gasteiger partial charge is 0.194 e. The van der Waals surface area contributed by atoms with Crippen molar-refractivity contribution < 1.29 is 22.0 Å². The molecule has 2 aromatic carbocycles. The van der Waals surface area contributed by atoms with E-state index in [1.54, 1.807) is 0 Å². The molecule has 2 aromatic rings. The van der Waals surface area contributed by atoms with Crippen LogP contribution < -0.4 is 0 Å². The molecule has 0 aliphatic heterocycles. The molecule has 2 rings (SSSR count). The molecule has 0 bridgehead atoms. The Labute approximate surface area is 93.3 Å². The van der Waals surface area contributed by atoms with Crippen molar-refractivity contribution in [2.45, 2.75) is 0 Å². The number of halogens is 5. The fraction of sp³-hybridized carbons (Fsp3) is 0. The number of hydrogen-bond acceptors (Lipinski definition) is 0. The van der Waals surface area contributed by atoms with Crippen LogP contribution in [0.25, 0.3) is 11.1 Å². The first-order valence-electron chi connectivity index (χ1n) is 4.59. The van der Waals surface area contributed by atoms with Crippen LogP contribution in [0, 0.1) is 29.1 Å². The maximum Gasteiger partial charge on any atom is 0.194 e. The van der Waals surface area contributed by atoms with Gasteiger partial charge in [0.15, 0.2) is 17.5 Å². The maximum atomic E-state index is 13.3. The molecule has 0 amide bonds. The molecule has 5 heteroatoms. The van der Waals surface area contributed by atoms with Crippen LogP contribution in [0.2, 0.25) is 0 Å². The van der Waals surface area contributed by atoms with E-state index in [1.165, 1.54) is 0 Å². The van der Waals surface area contributed by atoms with Crippen molar-refractivity contribution in [3.63, 3.8) is 0 Å². The largest absolute Gasteiger partial charge is 0.207 e. The molecule has 0 atom stereocenters. The highest BCUT2D eigenvalue weighted by Gasteiger charge is 2.14. The van der Waals surface area contributed by atoms with Gasteiger partial charge in [-0.3, -0.25) is 0 Å². The second kappa shape index (κ2) is 4.16. The molecule has 17 heavy (non-hydrogen) atoms. The van der Waals surface area contributed by atoms with Crippen molar-refractivity contribution in [3.8, 4) is 11.1 Å². The minimum Gasteiger partial charge on any atom is -0.207 e. The molecule has 0 saturated carbocycles. The summed E-state index contributed by atoms with van der Waals surface area (Å²) < 4.78 is 64.5. The molecule has 0 N–H and O–H groups in total. The number of rotatable bonds is 1. The summed E-state index contributed by atoms with van der Waals surface area (Å²) in [6.07, 6.45) is 0. The first-order chi connectivity index (χ1) is 7.99. The first kappa shape index (κ1) is 11.6. The average Bonchev–Trinajstić information content (AvgIpc) is 2.25. The van der Waals surface area contributed by atoms with Gasteiger partial charge in [0, 0.05) is 11.6 Å². The van der Waals surface area contributed by atoms with Gasteiger partial charge in [-0.15, -0.1) is 0 Å². The molecular weight excluding hydrogens is 239 g/mol. The van der Waals surface area contributed by atoms with Gasteiger partial charge >= 0.3 is 0 Å². The Morgan fingerprint density at radius 1 is 0.647 bits per heavy atom. The molecule has 0 aliphatic carbocycles. The Morgan fingerprint density at radius 2 is 1.24 bits per heavy atom. The van der Waals surface area contributed by atoms with Crippen LogP contribution in [0.5, 0.6) is 0 Å². The van der Waals surface area contributed by atoms with E-state index in [1.807, 2.05) is 0 Å². The normalized spacial score (nSPS) is 10.6. The monoisotopic (exact) mass is 244 g/mol. The first-order valence-corrected chi connectivity index (χ1v) is 4.59. The molecule has 0 aliphatic rings. The van der Waals surface area contributed by atoms with E-state index >= 15 is 0 Å². The minimum absolute atomic E-state index is 0.195. The topological polar surface area (TPSA) is 0 Å². The summed E-state index contributed by atoms with van der Waals surface area (Å²) in [6.45, 7) is 0. The number of benzene rings is 2. The van der Waals surface area contributed by atoms with Crippen LogP contribution in [0.1, 0.15) is 0 Å². The molecule has 0 nitrogen and oxygen atoms in total. The zero-order chi connectivity index (χ0) is 12.6. The molecular formula is C12H5F5. The lowest BCUT2D eigenvalue weighted by Gasteiger charge is -2.05. The maximum absolute atomic E-state index is 13.3. The van der Waals surface area contributed by atoms with Gasteiger partial charge in [0.1, 0.15) is 11.6 Å². The van der Waals surface area contributed by atoms with Crippen molar-refractivity contribution in [3.05, 3.63) is 59.4 Å². The summed E-state index contributed by atoms with van der Waals surface area (Å²) >= 11 is 0. The van der Waals surface area contributed by atoms with Gasteiger partial charge in [-0.05, 0) is 29.8 Å². The fourth-order valence-corrected chi connectivity index (χ4v) is 1.43. The third kappa shape index (κ3) is 2.13. The van der Waals surface area contributed by atoms with Gasteiger partial charge in [0.25, 0.3) is 0 Å². The molecule has 88 valence electrons. The van der Waals surface area contributed by atoms with Crippen LogP contribution >= 0.6 is 0 Å². The van der Waals surface area contributed by atoms with Crippen LogP contribution in [0.3, 0.4) is 0 Å². The van der Waals surface area contributed by atoms with Gasteiger partial charge in [0.2, 0.25) is 0 Å². The molecule has 0 unspecified atom stereocenters. The van der Waals surface area contributed by atoms with Crippen LogP contribution in [0.15, 0.2) is 30.3 Å². The van der Waals surface area contributed by atoms with Crippen molar-refractivity contribution in [2.24, 2.45) is 0 Å². The zero-order valence-electron chi connectivity index (χ0n) is 8.28. The van der Waals surface area contributed by atoms with Gasteiger partial charge in [0.05, 0.1) is 0 Å². The lowest BCUT2D eigenvalue weighted by Crippen LogP contribution is -1.93. The summed E-state index contributed by atoms with van der Waals surface area (Å²) in [5.41, 5.74) is -0.400. The van der Waals surface area contributed by atoms with Crippen molar-refractivity contribution >= 4 is 0 Å². The predicted molar refractivity (Wildman–Crippen MR) is 51.7 cm³/mol. The SMILES string of the molecule is Fc1ccc(-c2cc(F)c(F)c(F)c2)c(F)c1. The highest BCUT2D eigenvalue weighted by molar-refractivity contribution is 5.64. The standard InChI is InChI=1S/C12H5F5/c13-7-1-2-8(9(14)5-7)6-3-10(15)12(17)11(16)4-6/h1-5H. The highest BCUT2D eigenvalue weighted by Crippen LogP contribution is 2.26. The van der Waals surface area contributed by atoms with Crippen molar-refractivity contribution in [2.75, 3.05) is 0 Å². The van der Waals surface area contributed by atoms with E-state index in [-0.39, 0.29) is 11.1 Å². The van der Waals surface area contributed by atoms with Crippen molar-refractivity contribution in [1.82, 2.24) is 0 Å². The highest BCUT2D eigenvalue weighted by atomic mass is 19.2. The Balaban J connectivity index is 2.61. The van der Waals surface area contributed by atoms with Gasteiger partial charge in [-0.2, -0.15) is 0 Å². The summed E-state index contributed by atoms with van der Waals surface area (Å²) in [6, 6.07) is 3.84. The van der Waals surface area contributed by atoms with Gasteiger partial charge in [-0.25, -0.2) is 22.0 Å². The summed E-state index contributed by atoms with van der Waals surface area (Å²) in [4.78, 5) is 0. The predicted octanol–water partition coefficient (Wildman–Crippen LogP) is 4.05. The van der Waals surface area contributed by atoms with E-state index in [4.69, 9.17) is 0 Å². The Hall–Kier alpha value is -1.91. The average molecular weight is 244 g/mol. The van der Waals surface area contributed by atoms with Gasteiger partial charge in [-0.1, -0.05) is 0 Å². The Morgan fingerprint density at radius 3 is 1.76 bits per heavy atom. The van der Waals surface area contributed by atoms with E-state index in [2.05, 4.69) is 0 Å². The third-order valence-corrected chi connectivity index (χ3v) is 2.23. The molecule has 0 heterocycles. The summed E-state index contributed by atoms with van der Waals surface area (Å²) in [5, 5.41) is 0. The fourth-order valence-electron chi connectivity index (χ4n) is 1.43. The molecule has 0 saturated heterocycles. The van der Waals surface area contributed by atoms with Crippen molar-refractivity contribution in [1.29, 1.82) is 0 Å². The van der Waals surface area contributed by atoms with Gasteiger partial charge < -0.3 is 0 Å².